The molecule has 0 aromatic carbocycles. The van der Waals surface area contributed by atoms with Crippen molar-refractivity contribution < 1.29 is 4.79 Å². The van der Waals surface area contributed by atoms with Crippen LogP contribution in [0.4, 0.5) is 0 Å². The van der Waals surface area contributed by atoms with E-state index in [2.05, 4.69) is 24.1 Å². The Morgan fingerprint density at radius 1 is 1.36 bits per heavy atom. The maximum Gasteiger partial charge on any atom is 0.222 e. The summed E-state index contributed by atoms with van der Waals surface area (Å²) in [7, 11) is 4.04. The molecule has 3 heteroatoms. The molecule has 1 amide bonds. The zero-order valence-corrected chi connectivity index (χ0v) is 10.1. The van der Waals surface area contributed by atoms with Crippen molar-refractivity contribution in [1.82, 2.24) is 10.2 Å². The standard InChI is InChI=1S/C11H24N2O/c1-6-7-9(2)11(14)12-8-10(3)13(4)5/h9-10H,6-8H2,1-5H3,(H,12,14)/t9-,10+/m1/s1. The fourth-order valence-electron chi connectivity index (χ4n) is 1.17. The summed E-state index contributed by atoms with van der Waals surface area (Å²) in [6, 6.07) is 0.396. The van der Waals surface area contributed by atoms with Crippen molar-refractivity contribution in [2.45, 2.75) is 39.7 Å². The summed E-state index contributed by atoms with van der Waals surface area (Å²) in [6.07, 6.45) is 2.04. The van der Waals surface area contributed by atoms with Gasteiger partial charge in [0, 0.05) is 18.5 Å². The lowest BCUT2D eigenvalue weighted by Gasteiger charge is -2.21. The number of nitrogens with zero attached hydrogens (tertiary/aromatic N) is 1. The number of amides is 1. The highest BCUT2D eigenvalue weighted by molar-refractivity contribution is 5.78. The summed E-state index contributed by atoms with van der Waals surface area (Å²) in [6.45, 7) is 6.93. The van der Waals surface area contributed by atoms with Crippen LogP contribution in [0.1, 0.15) is 33.6 Å². The molecule has 0 saturated carbocycles. The van der Waals surface area contributed by atoms with Crippen LogP contribution >= 0.6 is 0 Å². The van der Waals surface area contributed by atoms with Gasteiger partial charge in [0.05, 0.1) is 0 Å². The van der Waals surface area contributed by atoms with Gasteiger partial charge in [0.2, 0.25) is 5.91 Å². The third-order valence-electron chi connectivity index (χ3n) is 2.62. The van der Waals surface area contributed by atoms with Gasteiger partial charge in [-0.15, -0.1) is 0 Å². The van der Waals surface area contributed by atoms with Crippen molar-refractivity contribution in [3.8, 4) is 0 Å². The van der Waals surface area contributed by atoms with E-state index in [1.165, 1.54) is 0 Å². The molecule has 2 atom stereocenters. The minimum absolute atomic E-state index is 0.148. The Bertz CT molecular complexity index is 169. The molecule has 0 aliphatic rings. The van der Waals surface area contributed by atoms with Gasteiger partial charge >= 0.3 is 0 Å². The van der Waals surface area contributed by atoms with Gasteiger partial charge in [-0.3, -0.25) is 4.79 Å². The SMILES string of the molecule is CCC[C@@H](C)C(=O)NC[C@H](C)N(C)C. The van der Waals surface area contributed by atoms with Gasteiger partial charge < -0.3 is 10.2 Å². The molecule has 0 rings (SSSR count). The molecule has 14 heavy (non-hydrogen) atoms. The Kier molecular flexibility index (Phi) is 6.54. The van der Waals surface area contributed by atoms with Crippen molar-refractivity contribution in [1.29, 1.82) is 0 Å². The lowest BCUT2D eigenvalue weighted by molar-refractivity contribution is -0.124. The number of likely N-dealkylation sites (N-methyl/N-ethyl adjacent to an activating group) is 1. The van der Waals surface area contributed by atoms with Crippen molar-refractivity contribution in [2.24, 2.45) is 5.92 Å². The molecule has 0 bridgehead atoms. The largest absolute Gasteiger partial charge is 0.354 e. The molecule has 0 heterocycles. The van der Waals surface area contributed by atoms with E-state index in [1.54, 1.807) is 0 Å². The lowest BCUT2D eigenvalue weighted by atomic mass is 10.1. The second-order valence-corrected chi connectivity index (χ2v) is 4.25. The molecule has 0 aromatic rings. The van der Waals surface area contributed by atoms with E-state index in [4.69, 9.17) is 0 Å². The second-order valence-electron chi connectivity index (χ2n) is 4.25. The molecule has 3 nitrogen and oxygen atoms in total. The molecular formula is C11H24N2O. The van der Waals surface area contributed by atoms with E-state index >= 15 is 0 Å². The Hall–Kier alpha value is -0.570. The van der Waals surface area contributed by atoms with Crippen LogP contribution in [0.3, 0.4) is 0 Å². The van der Waals surface area contributed by atoms with E-state index < -0.39 is 0 Å². The van der Waals surface area contributed by atoms with Crippen LogP contribution in [0.2, 0.25) is 0 Å². The van der Waals surface area contributed by atoms with Crippen molar-refractivity contribution >= 4 is 5.91 Å². The number of nitrogens with one attached hydrogen (secondary N) is 1. The molecule has 84 valence electrons. The molecule has 0 unspecified atom stereocenters. The van der Waals surface area contributed by atoms with Crippen molar-refractivity contribution in [3.05, 3.63) is 0 Å². The Balaban J connectivity index is 3.73. The maximum atomic E-state index is 11.5. The molecule has 0 aliphatic carbocycles. The third-order valence-corrected chi connectivity index (χ3v) is 2.62. The van der Waals surface area contributed by atoms with Gasteiger partial charge in [-0.05, 0) is 27.4 Å². The summed E-state index contributed by atoms with van der Waals surface area (Å²) in [5.74, 6) is 0.329. The zero-order valence-electron chi connectivity index (χ0n) is 10.1. The Morgan fingerprint density at radius 3 is 2.36 bits per heavy atom. The highest BCUT2D eigenvalue weighted by Crippen LogP contribution is 2.04. The second kappa shape index (κ2) is 6.82. The average molecular weight is 200 g/mol. The smallest absolute Gasteiger partial charge is 0.222 e. The van der Waals surface area contributed by atoms with Crippen LogP contribution in [-0.2, 0) is 4.79 Å². The Morgan fingerprint density at radius 2 is 1.93 bits per heavy atom. The number of carbonyl (C=O) groups excluding carboxylic acids is 1. The predicted molar refractivity (Wildman–Crippen MR) is 60.2 cm³/mol. The van der Waals surface area contributed by atoms with Gasteiger partial charge in [-0.1, -0.05) is 20.3 Å². The highest BCUT2D eigenvalue weighted by Gasteiger charge is 2.12. The summed E-state index contributed by atoms with van der Waals surface area (Å²) in [5.41, 5.74) is 0. The van der Waals surface area contributed by atoms with Crippen molar-refractivity contribution in [2.75, 3.05) is 20.6 Å². The monoisotopic (exact) mass is 200 g/mol. The first-order valence-electron chi connectivity index (χ1n) is 5.43. The first-order valence-corrected chi connectivity index (χ1v) is 5.43. The fraction of sp³-hybridized carbons (Fsp3) is 0.909. The van der Waals surface area contributed by atoms with E-state index in [9.17, 15) is 4.79 Å². The quantitative estimate of drug-likeness (QED) is 0.704. The molecule has 0 radical (unpaired) electrons. The molecule has 0 spiro atoms. The first kappa shape index (κ1) is 13.4. The van der Waals surface area contributed by atoms with Crippen LogP contribution in [0, 0.1) is 5.92 Å². The van der Waals surface area contributed by atoms with Crippen LogP contribution in [0.5, 0.6) is 0 Å². The van der Waals surface area contributed by atoms with Crippen LogP contribution < -0.4 is 5.32 Å². The van der Waals surface area contributed by atoms with Gasteiger partial charge in [0.15, 0.2) is 0 Å². The highest BCUT2D eigenvalue weighted by atomic mass is 16.1. The number of rotatable bonds is 6. The zero-order chi connectivity index (χ0) is 11.1. The third kappa shape index (κ3) is 5.22. The van der Waals surface area contributed by atoms with Crippen LogP contribution in [-0.4, -0.2) is 37.5 Å². The molecule has 1 N–H and O–H groups in total. The molecule has 0 aromatic heterocycles. The molecule has 0 aliphatic heterocycles. The Labute approximate surface area is 87.9 Å². The number of hydrogen-bond acceptors (Lipinski definition) is 2. The first-order chi connectivity index (χ1) is 6.49. The number of hydrogen-bond donors (Lipinski definition) is 1. The summed E-state index contributed by atoms with van der Waals surface area (Å²) >= 11 is 0. The molecule has 0 fully saturated rings. The summed E-state index contributed by atoms with van der Waals surface area (Å²) in [5, 5.41) is 2.97. The minimum atomic E-state index is 0.148. The number of carbonyl (C=O) groups is 1. The van der Waals surface area contributed by atoms with Crippen molar-refractivity contribution in [3.63, 3.8) is 0 Å². The van der Waals surface area contributed by atoms with E-state index in [1.807, 2.05) is 21.0 Å². The van der Waals surface area contributed by atoms with Gasteiger partial charge in [-0.2, -0.15) is 0 Å². The summed E-state index contributed by atoms with van der Waals surface area (Å²) < 4.78 is 0. The van der Waals surface area contributed by atoms with E-state index in [-0.39, 0.29) is 11.8 Å². The fourth-order valence-corrected chi connectivity index (χ4v) is 1.17. The minimum Gasteiger partial charge on any atom is -0.354 e. The van der Waals surface area contributed by atoms with E-state index in [0.29, 0.717) is 6.04 Å². The molecular weight excluding hydrogens is 176 g/mol. The van der Waals surface area contributed by atoms with Gasteiger partial charge in [0.25, 0.3) is 0 Å². The molecule has 0 saturated heterocycles. The predicted octanol–water partition coefficient (Wildman–Crippen LogP) is 1.49. The topological polar surface area (TPSA) is 32.3 Å². The summed E-state index contributed by atoms with van der Waals surface area (Å²) in [4.78, 5) is 13.6. The van der Waals surface area contributed by atoms with Crippen LogP contribution in [0.25, 0.3) is 0 Å². The lowest BCUT2D eigenvalue weighted by Crippen LogP contribution is -2.40. The van der Waals surface area contributed by atoms with Crippen LogP contribution in [0.15, 0.2) is 0 Å². The average Bonchev–Trinajstić information content (AvgIpc) is 2.13. The maximum absolute atomic E-state index is 11.5. The van der Waals surface area contributed by atoms with E-state index in [0.717, 1.165) is 19.4 Å². The van der Waals surface area contributed by atoms with Gasteiger partial charge in [0.1, 0.15) is 0 Å². The normalized spacial score (nSPS) is 15.3. The van der Waals surface area contributed by atoms with Gasteiger partial charge in [-0.25, -0.2) is 0 Å².